The van der Waals surface area contributed by atoms with Crippen molar-refractivity contribution < 1.29 is 26.9 Å². The van der Waals surface area contributed by atoms with Crippen LogP contribution in [0.3, 0.4) is 0 Å². The molecule has 0 aliphatic carbocycles. The second-order valence-electron chi connectivity index (χ2n) is 4.84. The second-order valence-corrected chi connectivity index (χ2v) is 4.84. The van der Waals surface area contributed by atoms with E-state index in [0.717, 1.165) is 39.3 Å². The molecular weight excluding hydrogens is 310 g/mol. The van der Waals surface area contributed by atoms with Crippen LogP contribution < -0.4 is 17.7 Å². The molecule has 0 unspecified atom stereocenters. The number of hydrogen-bond donors (Lipinski definition) is 1. The minimum absolute atomic E-state index is 0. The van der Waals surface area contributed by atoms with Gasteiger partial charge in [-0.3, -0.25) is 19.8 Å². The number of halogens is 1. The van der Waals surface area contributed by atoms with Crippen molar-refractivity contribution >= 4 is 11.6 Å². The number of nitro benzene ring substituents is 1. The Hall–Kier alpha value is -1.70. The van der Waals surface area contributed by atoms with Crippen LogP contribution in [0, 0.1) is 10.1 Å². The number of benzene rings is 1. The zero-order chi connectivity index (χ0) is 15.1. The van der Waals surface area contributed by atoms with Gasteiger partial charge in [-0.25, -0.2) is 0 Å². The molecule has 0 radical (unpaired) electrons. The molecule has 2 rings (SSSR count). The number of carbonyl (C=O) groups is 1. The molecule has 1 heterocycles. The Morgan fingerprint density at radius 3 is 2.68 bits per heavy atom. The fourth-order valence-corrected chi connectivity index (χ4v) is 2.25. The van der Waals surface area contributed by atoms with Crippen molar-refractivity contribution in [1.29, 1.82) is 0 Å². The highest BCUT2D eigenvalue weighted by Gasteiger charge is 2.18. The van der Waals surface area contributed by atoms with Crippen LogP contribution in [0.1, 0.15) is 16.8 Å². The van der Waals surface area contributed by atoms with Gasteiger partial charge < -0.3 is 22.5 Å². The van der Waals surface area contributed by atoms with E-state index in [-0.39, 0.29) is 23.7 Å². The Morgan fingerprint density at radius 1 is 1.32 bits per heavy atom. The van der Waals surface area contributed by atoms with Crippen molar-refractivity contribution in [3.8, 4) is 0 Å². The Labute approximate surface area is 135 Å². The molecular formula is C14H19ClN3O4-. The molecule has 1 aliphatic heterocycles. The molecule has 1 aromatic carbocycles. The Morgan fingerprint density at radius 2 is 2.00 bits per heavy atom. The highest BCUT2D eigenvalue weighted by atomic mass is 35.5. The molecule has 1 N–H and O–H groups in total. The molecule has 1 aliphatic rings. The van der Waals surface area contributed by atoms with Gasteiger partial charge in [-0.2, -0.15) is 0 Å². The third-order valence-corrected chi connectivity index (χ3v) is 3.39. The molecule has 1 fully saturated rings. The SMILES string of the molecule is O=C(NCCCN1CCOCC1)c1ccccc1[N+](=O)[O-].[Cl-]. The minimum atomic E-state index is -0.539. The van der Waals surface area contributed by atoms with Crippen LogP contribution in [-0.4, -0.2) is 55.1 Å². The molecule has 0 aromatic heterocycles. The lowest BCUT2D eigenvalue weighted by atomic mass is 10.1. The lowest BCUT2D eigenvalue weighted by molar-refractivity contribution is -0.385. The largest absolute Gasteiger partial charge is 1.00 e. The normalized spacial score (nSPS) is 14.9. The van der Waals surface area contributed by atoms with Crippen LogP contribution in [-0.2, 0) is 4.74 Å². The van der Waals surface area contributed by atoms with Gasteiger partial charge in [-0.1, -0.05) is 12.1 Å². The van der Waals surface area contributed by atoms with Gasteiger partial charge in [0, 0.05) is 25.7 Å². The molecule has 22 heavy (non-hydrogen) atoms. The maximum Gasteiger partial charge on any atom is 0.282 e. The monoisotopic (exact) mass is 328 g/mol. The summed E-state index contributed by atoms with van der Waals surface area (Å²) in [5.41, 5.74) is -0.0583. The van der Waals surface area contributed by atoms with Gasteiger partial charge in [0.1, 0.15) is 5.56 Å². The number of nitrogens with one attached hydrogen (secondary N) is 1. The summed E-state index contributed by atoms with van der Waals surface area (Å²) in [6.45, 7) is 4.73. The molecule has 122 valence electrons. The molecule has 0 spiro atoms. The number of amides is 1. The predicted octanol–water partition coefficient (Wildman–Crippen LogP) is -1.95. The van der Waals surface area contributed by atoms with E-state index in [2.05, 4.69) is 10.2 Å². The van der Waals surface area contributed by atoms with E-state index in [9.17, 15) is 14.9 Å². The van der Waals surface area contributed by atoms with Crippen molar-refractivity contribution in [2.24, 2.45) is 0 Å². The Kier molecular flexibility index (Phi) is 7.79. The first-order chi connectivity index (χ1) is 10.2. The van der Waals surface area contributed by atoms with Crippen molar-refractivity contribution in [3.63, 3.8) is 0 Å². The average molecular weight is 329 g/mol. The van der Waals surface area contributed by atoms with E-state index in [4.69, 9.17) is 4.74 Å². The number of carbonyl (C=O) groups excluding carboxylic acids is 1. The number of nitro groups is 1. The summed E-state index contributed by atoms with van der Waals surface area (Å²) < 4.78 is 5.26. The zero-order valence-corrected chi connectivity index (χ0v) is 12.9. The van der Waals surface area contributed by atoms with Crippen LogP contribution in [0.4, 0.5) is 5.69 Å². The predicted molar refractivity (Wildman–Crippen MR) is 77.3 cm³/mol. The van der Waals surface area contributed by atoms with Gasteiger partial charge in [0.15, 0.2) is 0 Å². The lowest BCUT2D eigenvalue weighted by Crippen LogP contribution is -3.00. The first-order valence-electron chi connectivity index (χ1n) is 7.00. The van der Waals surface area contributed by atoms with Gasteiger partial charge in [0.05, 0.1) is 18.1 Å². The van der Waals surface area contributed by atoms with Crippen LogP contribution in [0.5, 0.6) is 0 Å². The van der Waals surface area contributed by atoms with Gasteiger partial charge in [-0.05, 0) is 19.0 Å². The zero-order valence-electron chi connectivity index (χ0n) is 12.2. The summed E-state index contributed by atoms with van der Waals surface area (Å²) in [5, 5.41) is 13.6. The average Bonchev–Trinajstić information content (AvgIpc) is 2.52. The lowest BCUT2D eigenvalue weighted by Gasteiger charge is -2.26. The van der Waals surface area contributed by atoms with Crippen LogP contribution in [0.2, 0.25) is 0 Å². The number of para-hydroxylation sites is 1. The van der Waals surface area contributed by atoms with E-state index >= 15 is 0 Å². The van der Waals surface area contributed by atoms with E-state index in [1.54, 1.807) is 12.1 Å². The fraction of sp³-hybridized carbons (Fsp3) is 0.500. The third-order valence-electron chi connectivity index (χ3n) is 3.39. The molecule has 1 saturated heterocycles. The van der Waals surface area contributed by atoms with Gasteiger partial charge >= 0.3 is 0 Å². The van der Waals surface area contributed by atoms with Gasteiger partial charge in [0.2, 0.25) is 0 Å². The van der Waals surface area contributed by atoms with Crippen molar-refractivity contribution in [1.82, 2.24) is 10.2 Å². The number of ether oxygens (including phenoxy) is 1. The standard InChI is InChI=1S/C14H19N3O4.ClH/c18-14(12-4-1-2-5-13(12)17(19)20)15-6-3-7-16-8-10-21-11-9-16;/h1-2,4-5H,3,6-11H2,(H,15,18);1H/p-1. The van der Waals surface area contributed by atoms with Gasteiger partial charge in [-0.15, -0.1) is 0 Å². The summed E-state index contributed by atoms with van der Waals surface area (Å²) in [6, 6.07) is 5.97. The van der Waals surface area contributed by atoms with Crippen molar-refractivity contribution in [2.45, 2.75) is 6.42 Å². The van der Waals surface area contributed by atoms with Crippen molar-refractivity contribution in [2.75, 3.05) is 39.4 Å². The molecule has 7 nitrogen and oxygen atoms in total. The Balaban J connectivity index is 0.00000242. The summed E-state index contributed by atoms with van der Waals surface area (Å²) in [7, 11) is 0. The minimum Gasteiger partial charge on any atom is -1.00 e. The smallest absolute Gasteiger partial charge is 0.282 e. The van der Waals surface area contributed by atoms with E-state index in [1.165, 1.54) is 12.1 Å². The molecule has 8 heteroatoms. The van der Waals surface area contributed by atoms with E-state index in [0.29, 0.717) is 6.54 Å². The third kappa shape index (κ3) is 5.25. The molecule has 1 amide bonds. The van der Waals surface area contributed by atoms with Crippen LogP contribution in [0.15, 0.2) is 24.3 Å². The fourth-order valence-electron chi connectivity index (χ4n) is 2.25. The number of hydrogen-bond acceptors (Lipinski definition) is 5. The first-order valence-corrected chi connectivity index (χ1v) is 7.00. The van der Waals surface area contributed by atoms with E-state index in [1.807, 2.05) is 0 Å². The number of rotatable bonds is 6. The first kappa shape index (κ1) is 18.3. The maximum atomic E-state index is 12.0. The molecule has 0 atom stereocenters. The molecule has 0 bridgehead atoms. The Bertz CT molecular complexity index is 507. The number of morpholine rings is 1. The van der Waals surface area contributed by atoms with E-state index < -0.39 is 10.8 Å². The topological polar surface area (TPSA) is 84.7 Å². The summed E-state index contributed by atoms with van der Waals surface area (Å²) in [4.78, 5) is 24.6. The summed E-state index contributed by atoms with van der Waals surface area (Å²) in [5.74, 6) is -0.399. The highest BCUT2D eigenvalue weighted by molar-refractivity contribution is 5.98. The molecule has 1 aromatic rings. The van der Waals surface area contributed by atoms with Crippen LogP contribution in [0.25, 0.3) is 0 Å². The van der Waals surface area contributed by atoms with Crippen LogP contribution >= 0.6 is 0 Å². The van der Waals surface area contributed by atoms with Crippen molar-refractivity contribution in [3.05, 3.63) is 39.9 Å². The number of nitrogens with zero attached hydrogens (tertiary/aromatic N) is 2. The second kappa shape index (κ2) is 9.34. The quantitative estimate of drug-likeness (QED) is 0.373. The summed E-state index contributed by atoms with van der Waals surface area (Å²) >= 11 is 0. The maximum absolute atomic E-state index is 12.0. The highest BCUT2D eigenvalue weighted by Crippen LogP contribution is 2.17. The van der Waals surface area contributed by atoms with Gasteiger partial charge in [0.25, 0.3) is 11.6 Å². The summed E-state index contributed by atoms with van der Waals surface area (Å²) in [6.07, 6.45) is 0.812. The molecule has 0 saturated carbocycles.